The molecule has 1 heterocycles. The van der Waals surface area contributed by atoms with Crippen molar-refractivity contribution in [1.29, 1.82) is 0 Å². The van der Waals surface area contributed by atoms with Crippen LogP contribution in [0.5, 0.6) is 0 Å². The zero-order valence-corrected chi connectivity index (χ0v) is 22.6. The Bertz CT molecular complexity index is 1040. The van der Waals surface area contributed by atoms with Crippen LogP contribution < -0.4 is 0 Å². The molecule has 3 rings (SSSR count). The van der Waals surface area contributed by atoms with Gasteiger partial charge in [-0.15, -0.1) is 0 Å². The van der Waals surface area contributed by atoms with E-state index in [-0.39, 0.29) is 11.3 Å². The van der Waals surface area contributed by atoms with Gasteiger partial charge in [0.15, 0.2) is 0 Å². The number of likely N-dealkylation sites (tertiary alicyclic amines) is 1. The Balaban J connectivity index is 1.91. The fourth-order valence-electron chi connectivity index (χ4n) is 4.72. The van der Waals surface area contributed by atoms with E-state index in [1.54, 1.807) is 29.2 Å². The van der Waals surface area contributed by atoms with Gasteiger partial charge in [-0.05, 0) is 80.7 Å². The van der Waals surface area contributed by atoms with Gasteiger partial charge < -0.3 is 14.9 Å². The zero-order valence-electron chi connectivity index (χ0n) is 21.8. The molecule has 0 spiro atoms. The summed E-state index contributed by atoms with van der Waals surface area (Å²) in [6, 6.07) is 14.0. The number of aliphatic hydroxyl groups is 1. The van der Waals surface area contributed by atoms with Crippen molar-refractivity contribution in [3.8, 4) is 0 Å². The van der Waals surface area contributed by atoms with E-state index in [1.165, 1.54) is 5.56 Å². The van der Waals surface area contributed by atoms with Crippen LogP contribution >= 0.6 is 11.6 Å². The number of rotatable bonds is 13. The molecular weight excluding hydrogens is 472 g/mol. The van der Waals surface area contributed by atoms with Crippen LogP contribution in [0.2, 0.25) is 5.02 Å². The number of benzene rings is 2. The van der Waals surface area contributed by atoms with Crippen LogP contribution in [-0.2, 0) is 16.0 Å². The lowest BCUT2D eigenvalue weighted by atomic mass is 9.94. The normalized spacial score (nSPS) is 17.4. The Hall–Kier alpha value is -2.63. The maximum absolute atomic E-state index is 13.2. The number of Topliss-reactive ketones (excluding diaryl/α,β-unsaturated/α-hetero) is 1. The Labute approximate surface area is 220 Å². The van der Waals surface area contributed by atoms with E-state index in [1.807, 2.05) is 24.3 Å². The van der Waals surface area contributed by atoms with Crippen molar-refractivity contribution in [3.63, 3.8) is 0 Å². The number of halogens is 1. The first-order valence-corrected chi connectivity index (χ1v) is 13.6. The lowest BCUT2D eigenvalue weighted by Crippen LogP contribution is -2.34. The molecular formula is C30H39ClN2O3. The minimum absolute atomic E-state index is 0.139. The third-order valence-corrected chi connectivity index (χ3v) is 7.14. The number of aryl methyl sites for hydroxylation is 1. The third-order valence-electron chi connectivity index (χ3n) is 6.89. The molecule has 36 heavy (non-hydrogen) atoms. The highest BCUT2D eigenvalue weighted by molar-refractivity contribution is 6.46. The highest BCUT2D eigenvalue weighted by Gasteiger charge is 2.45. The van der Waals surface area contributed by atoms with Crippen LogP contribution in [0, 0.1) is 0 Å². The molecule has 2 aromatic rings. The second kappa shape index (κ2) is 13.6. The lowest BCUT2D eigenvalue weighted by Gasteiger charge is -2.27. The summed E-state index contributed by atoms with van der Waals surface area (Å²) in [7, 11) is 0. The minimum atomic E-state index is -0.638. The standard InChI is InChI=1S/C30H39ClN2O3/c1-4-7-18-32(19-8-5-2)20-9-21-33-27(23-12-10-22(6-3)11-13-23)26(29(35)30(33)36)28(34)24-14-16-25(31)17-15-24/h10-17,27,34H,4-9,18-21H2,1-3H3/b28-26+. The summed E-state index contributed by atoms with van der Waals surface area (Å²) in [4.78, 5) is 30.6. The minimum Gasteiger partial charge on any atom is -0.507 e. The zero-order chi connectivity index (χ0) is 26.1. The van der Waals surface area contributed by atoms with Crippen LogP contribution in [-0.4, -0.2) is 52.8 Å². The number of amides is 1. The van der Waals surface area contributed by atoms with Gasteiger partial charge in [0.2, 0.25) is 0 Å². The van der Waals surface area contributed by atoms with E-state index in [2.05, 4.69) is 25.7 Å². The van der Waals surface area contributed by atoms with Crippen molar-refractivity contribution in [1.82, 2.24) is 9.80 Å². The van der Waals surface area contributed by atoms with Gasteiger partial charge in [0.1, 0.15) is 5.76 Å². The van der Waals surface area contributed by atoms with E-state index in [0.29, 0.717) is 17.1 Å². The largest absolute Gasteiger partial charge is 0.507 e. The molecule has 0 aromatic heterocycles. The number of unbranched alkanes of at least 4 members (excludes halogenated alkanes) is 2. The average Bonchev–Trinajstić information content (AvgIpc) is 3.15. The number of hydrogen-bond acceptors (Lipinski definition) is 4. The maximum Gasteiger partial charge on any atom is 0.295 e. The molecule has 1 atom stereocenters. The number of carbonyl (C=O) groups is 2. The predicted octanol–water partition coefficient (Wildman–Crippen LogP) is 6.62. The fraction of sp³-hybridized carbons (Fsp3) is 0.467. The summed E-state index contributed by atoms with van der Waals surface area (Å²) < 4.78 is 0. The average molecular weight is 511 g/mol. The van der Waals surface area contributed by atoms with Gasteiger partial charge in [0, 0.05) is 17.1 Å². The van der Waals surface area contributed by atoms with Gasteiger partial charge in [-0.3, -0.25) is 9.59 Å². The van der Waals surface area contributed by atoms with Crippen molar-refractivity contribution in [3.05, 3.63) is 75.8 Å². The molecule has 1 fully saturated rings. The molecule has 1 N–H and O–H groups in total. The fourth-order valence-corrected chi connectivity index (χ4v) is 4.85. The monoisotopic (exact) mass is 510 g/mol. The highest BCUT2D eigenvalue weighted by Crippen LogP contribution is 2.39. The van der Waals surface area contributed by atoms with Crippen molar-refractivity contribution in [2.24, 2.45) is 0 Å². The molecule has 1 aliphatic heterocycles. The molecule has 0 bridgehead atoms. The molecule has 0 saturated carbocycles. The van der Waals surface area contributed by atoms with Crippen LogP contribution in [0.3, 0.4) is 0 Å². The summed E-state index contributed by atoms with van der Waals surface area (Å²) in [6.45, 7) is 9.91. The summed E-state index contributed by atoms with van der Waals surface area (Å²) >= 11 is 6.02. The Morgan fingerprint density at radius 1 is 0.889 bits per heavy atom. The predicted molar refractivity (Wildman–Crippen MR) is 147 cm³/mol. The van der Waals surface area contributed by atoms with Gasteiger partial charge in [-0.2, -0.15) is 0 Å². The van der Waals surface area contributed by atoms with Crippen molar-refractivity contribution < 1.29 is 14.7 Å². The molecule has 1 saturated heterocycles. The number of hydrogen-bond donors (Lipinski definition) is 1. The first kappa shape index (κ1) is 27.9. The van der Waals surface area contributed by atoms with E-state index in [9.17, 15) is 14.7 Å². The molecule has 0 aliphatic carbocycles. The van der Waals surface area contributed by atoms with E-state index in [4.69, 9.17) is 11.6 Å². The smallest absolute Gasteiger partial charge is 0.295 e. The van der Waals surface area contributed by atoms with Gasteiger partial charge >= 0.3 is 0 Å². The number of carbonyl (C=O) groups excluding carboxylic acids is 2. The van der Waals surface area contributed by atoms with Gasteiger partial charge in [0.25, 0.3) is 11.7 Å². The molecule has 1 aliphatic rings. The van der Waals surface area contributed by atoms with Crippen molar-refractivity contribution in [2.75, 3.05) is 26.2 Å². The van der Waals surface area contributed by atoms with E-state index in [0.717, 1.165) is 63.7 Å². The molecule has 1 amide bonds. The number of nitrogens with zero attached hydrogens (tertiary/aromatic N) is 2. The first-order chi connectivity index (χ1) is 17.4. The quantitative estimate of drug-likeness (QED) is 0.187. The summed E-state index contributed by atoms with van der Waals surface area (Å²) in [5, 5.41) is 11.7. The Morgan fingerprint density at radius 2 is 1.47 bits per heavy atom. The molecule has 2 aromatic carbocycles. The summed E-state index contributed by atoms with van der Waals surface area (Å²) in [5.41, 5.74) is 2.62. The summed E-state index contributed by atoms with van der Waals surface area (Å²) in [6.07, 6.45) is 6.27. The second-order valence-corrected chi connectivity index (χ2v) is 9.93. The molecule has 6 heteroatoms. The van der Waals surface area contributed by atoms with Gasteiger partial charge in [-0.1, -0.05) is 69.5 Å². The maximum atomic E-state index is 13.2. The second-order valence-electron chi connectivity index (χ2n) is 9.50. The number of ketones is 1. The van der Waals surface area contributed by atoms with Crippen molar-refractivity contribution >= 4 is 29.1 Å². The van der Waals surface area contributed by atoms with Crippen LogP contribution in [0.4, 0.5) is 0 Å². The van der Waals surface area contributed by atoms with Crippen LogP contribution in [0.25, 0.3) is 5.76 Å². The van der Waals surface area contributed by atoms with Crippen molar-refractivity contribution in [2.45, 2.75) is 65.3 Å². The van der Waals surface area contributed by atoms with Gasteiger partial charge in [0.05, 0.1) is 11.6 Å². The lowest BCUT2D eigenvalue weighted by molar-refractivity contribution is -0.140. The molecule has 5 nitrogen and oxygen atoms in total. The van der Waals surface area contributed by atoms with E-state index >= 15 is 0 Å². The third kappa shape index (κ3) is 6.77. The van der Waals surface area contributed by atoms with E-state index < -0.39 is 17.7 Å². The Morgan fingerprint density at radius 3 is 2.03 bits per heavy atom. The number of aliphatic hydroxyl groups excluding tert-OH is 1. The van der Waals surface area contributed by atoms with Crippen LogP contribution in [0.1, 0.15) is 75.6 Å². The molecule has 0 radical (unpaired) electrons. The molecule has 194 valence electrons. The Kier molecular flexibility index (Phi) is 10.6. The highest BCUT2D eigenvalue weighted by atomic mass is 35.5. The van der Waals surface area contributed by atoms with Gasteiger partial charge in [-0.25, -0.2) is 0 Å². The summed E-state index contributed by atoms with van der Waals surface area (Å²) in [5.74, 6) is -1.35. The topological polar surface area (TPSA) is 60.9 Å². The van der Waals surface area contributed by atoms with Crippen LogP contribution in [0.15, 0.2) is 54.1 Å². The first-order valence-electron chi connectivity index (χ1n) is 13.3. The molecule has 1 unspecified atom stereocenters. The SMILES string of the molecule is CCCCN(CCCC)CCCN1C(=O)C(=O)/C(=C(/O)c2ccc(Cl)cc2)C1c1ccc(CC)cc1.